The molecule has 0 aromatic heterocycles. The SMILES string of the molecule is CC(C)C[C@H](NC(=O)[C@H](CCC(=O)O)NC(=O)[C@@H]1CCC(=O)NCCCCCNC(=O)CC[C@H](NC(=O)[C@H](CCC(N)=O)NC(=O)[C@H](CCC(N)=O)NC(=O)[C@H](CC(N)=O)NC(=O)CCC(=O)O)C(=O)N[C@@H](CCCCN)C(=O)N[C@@H](CC(N)=O)C(=O)N[C@@H](CCC(=O)O)C(=O)N[C@@H](CCC(N)=O)C(=O)N[C@@H](CCC(=O)O)C(=O)N[C@@H](CC(C)C)C(=O)N1)C(=O)N[C@@H](CC(=O)O)C(N)=O. The number of carbonyl (C=O) groups is 27. The van der Waals surface area contributed by atoms with Gasteiger partial charge in [-0.05, 0) is 121 Å². The van der Waals surface area contributed by atoms with Crippen molar-refractivity contribution in [1.82, 2.24) is 85.1 Å². The summed E-state index contributed by atoms with van der Waals surface area (Å²) in [4.78, 5) is 361. The normalized spacial score (nSPS) is 19.9. The van der Waals surface area contributed by atoms with Crippen molar-refractivity contribution in [3.05, 3.63) is 0 Å². The number of amides is 22. The van der Waals surface area contributed by atoms with E-state index in [2.05, 4.69) is 85.1 Å². The van der Waals surface area contributed by atoms with Crippen LogP contribution in [0.15, 0.2) is 0 Å². The van der Waals surface area contributed by atoms with Crippen LogP contribution >= 0.6 is 0 Å². The van der Waals surface area contributed by atoms with Gasteiger partial charge in [0.05, 0.1) is 25.7 Å². The fourth-order valence-electron chi connectivity index (χ4n) is 12.8. The summed E-state index contributed by atoms with van der Waals surface area (Å²) in [5.41, 5.74) is 38.3. The monoisotopic (exact) mass is 1910 g/mol. The molecule has 0 aromatic carbocycles. The van der Waals surface area contributed by atoms with Crippen molar-refractivity contribution in [2.75, 3.05) is 19.6 Å². The van der Waals surface area contributed by atoms with Crippen LogP contribution in [-0.2, 0) is 129 Å². The maximum Gasteiger partial charge on any atom is 0.305 e. The molecule has 0 bridgehead atoms. The quantitative estimate of drug-likeness (QED) is 0.0252. The van der Waals surface area contributed by atoms with Gasteiger partial charge in [-0.3, -0.25) is 129 Å². The third-order valence-corrected chi connectivity index (χ3v) is 19.8. The second-order valence-electron chi connectivity index (χ2n) is 32.3. The number of rotatable bonds is 49. The third kappa shape index (κ3) is 50.7. The van der Waals surface area contributed by atoms with Gasteiger partial charge in [0.15, 0.2) is 0 Å². The van der Waals surface area contributed by atoms with Crippen molar-refractivity contribution in [3.63, 3.8) is 0 Å². The minimum Gasteiger partial charge on any atom is -0.481 e. The van der Waals surface area contributed by atoms with Crippen LogP contribution in [-0.4, -0.2) is 290 Å². The Morgan fingerprint density at radius 3 is 1.21 bits per heavy atom. The number of carboxylic acid groups (broad SMARTS) is 5. The number of primary amides is 6. The number of aliphatic carboxylic acids is 5. The predicted octanol–water partition coefficient (Wildman–Crippen LogP) is -11.1. The summed E-state index contributed by atoms with van der Waals surface area (Å²) in [6, 6.07) is -27.3. The summed E-state index contributed by atoms with van der Waals surface area (Å²) in [6.07, 6.45) is -17.5. The molecule has 14 atom stereocenters. The van der Waals surface area contributed by atoms with Crippen LogP contribution in [0.1, 0.15) is 214 Å². The Labute approximate surface area is 767 Å². The van der Waals surface area contributed by atoms with E-state index in [1.807, 2.05) is 0 Å². The fourth-order valence-corrected chi connectivity index (χ4v) is 12.8. The van der Waals surface area contributed by atoms with Crippen molar-refractivity contribution in [1.29, 1.82) is 0 Å². The standard InChI is InChI=1S/C79H127N23O32/c1-37(2)32-49-76(131)97-44(72(127)95-47(18-27-63(115)116)75(130)101-50(33-38(3)4)77(132)99-48(66(86)121)36-65(119)120)15-23-59(109)88-31-9-5-8-30-87-58(108)22-14-43(93-68(123)40(11-19-53(81)103)91-70(125)42(13-21-55(83)105)96-78(133)51(34-56(84)106)89-60(110)24-28-64(117)118)71(126)90-39(10-6-7-29-80)67(122)102-52(35-57(85)107)79(134)98-45(16-25-61(111)112)73(128)92-41(12-20-54(82)104)69(124)94-46(74(129)100-49)17-26-62(113)114/h37-52H,5-36,80H2,1-4H3,(H2,81,103)(H2,82,104)(H2,83,105)(H2,84,106)(H2,85,107)(H2,86,121)(H,87,108)(H,88,109)(H,89,110)(H,90,126)(H,91,125)(H,92,128)(H,93,123)(H,94,124)(H,95,127)(H,96,133)(H,97,131)(H,98,134)(H,99,132)(H,100,129)(H,101,130)(H,102,122)(H,111,112)(H,113,114)(H,115,116)(H,117,118)(H,119,120)/t39-,40-,41-,42-,43-,44-,45-,46-,47-,48-,49-,50-,51-,52-/m0/s1. The van der Waals surface area contributed by atoms with Crippen molar-refractivity contribution in [3.8, 4) is 0 Å². The molecule has 1 aliphatic rings. The van der Waals surface area contributed by atoms with Crippen molar-refractivity contribution in [2.24, 2.45) is 52.0 Å². The first kappa shape index (κ1) is 118. The number of hydrogen-bond acceptors (Lipinski definition) is 28. The first-order chi connectivity index (χ1) is 62.7. The van der Waals surface area contributed by atoms with Crippen LogP contribution in [0.25, 0.3) is 0 Å². The molecule has 35 N–H and O–H groups in total. The summed E-state index contributed by atoms with van der Waals surface area (Å²) in [5, 5.41) is 84.7. The highest BCUT2D eigenvalue weighted by Gasteiger charge is 2.40. The average Bonchev–Trinajstić information content (AvgIpc) is 0.851. The van der Waals surface area contributed by atoms with Gasteiger partial charge in [-0.2, -0.15) is 0 Å². The van der Waals surface area contributed by atoms with Gasteiger partial charge in [0.25, 0.3) is 0 Å². The van der Waals surface area contributed by atoms with E-state index in [1.54, 1.807) is 27.7 Å². The molecule has 0 unspecified atom stereocenters. The van der Waals surface area contributed by atoms with E-state index < -0.39 is 397 Å². The molecule has 1 heterocycles. The second kappa shape index (κ2) is 62.1. The third-order valence-electron chi connectivity index (χ3n) is 19.8. The first-order valence-corrected chi connectivity index (χ1v) is 43.0. The zero-order chi connectivity index (χ0) is 102. The number of hydrogen-bond donors (Lipinski definition) is 28. The van der Waals surface area contributed by atoms with Crippen LogP contribution in [0.5, 0.6) is 0 Å². The van der Waals surface area contributed by atoms with E-state index in [9.17, 15) is 150 Å². The summed E-state index contributed by atoms with van der Waals surface area (Å²) >= 11 is 0. The number of nitrogens with one attached hydrogen (secondary N) is 16. The topological polar surface area (TPSA) is 937 Å². The summed E-state index contributed by atoms with van der Waals surface area (Å²) < 4.78 is 0. The van der Waals surface area contributed by atoms with E-state index in [4.69, 9.17) is 45.2 Å². The second-order valence-corrected chi connectivity index (χ2v) is 32.3. The minimum atomic E-state index is -2.20. The van der Waals surface area contributed by atoms with Crippen molar-refractivity contribution >= 4 is 160 Å². The summed E-state index contributed by atoms with van der Waals surface area (Å²) in [7, 11) is 0. The Morgan fingerprint density at radius 2 is 0.761 bits per heavy atom. The van der Waals surface area contributed by atoms with E-state index >= 15 is 0 Å². The molecular formula is C79H127N23O32. The minimum absolute atomic E-state index is 0.0463. The molecule has 1 rings (SSSR count). The molecule has 55 nitrogen and oxygen atoms in total. The molecule has 1 saturated heterocycles. The van der Waals surface area contributed by atoms with Crippen LogP contribution in [0.2, 0.25) is 0 Å². The lowest BCUT2D eigenvalue weighted by atomic mass is 10.00. The van der Waals surface area contributed by atoms with Crippen LogP contribution in [0, 0.1) is 11.8 Å². The highest BCUT2D eigenvalue weighted by atomic mass is 16.4. The molecule has 134 heavy (non-hydrogen) atoms. The zero-order valence-electron chi connectivity index (χ0n) is 74.7. The lowest BCUT2D eigenvalue weighted by Crippen LogP contribution is -2.61. The number of nitrogens with two attached hydrogens (primary N) is 7. The van der Waals surface area contributed by atoms with Gasteiger partial charge in [0.2, 0.25) is 130 Å². The van der Waals surface area contributed by atoms with Gasteiger partial charge < -0.3 is 151 Å². The van der Waals surface area contributed by atoms with Crippen LogP contribution in [0.4, 0.5) is 0 Å². The van der Waals surface area contributed by atoms with Gasteiger partial charge in [-0.25, -0.2) is 0 Å². The first-order valence-electron chi connectivity index (χ1n) is 43.0. The summed E-state index contributed by atoms with van der Waals surface area (Å²) in [6.45, 7) is 5.96. The summed E-state index contributed by atoms with van der Waals surface area (Å²) in [5.74, 6) is -36.1. The molecule has 0 aromatic rings. The maximum absolute atomic E-state index is 14.9. The van der Waals surface area contributed by atoms with Gasteiger partial charge in [-0.15, -0.1) is 0 Å². The van der Waals surface area contributed by atoms with Gasteiger partial charge in [-0.1, -0.05) is 27.7 Å². The Bertz CT molecular complexity index is 4210. The number of carboxylic acids is 5. The van der Waals surface area contributed by atoms with Gasteiger partial charge in [0.1, 0.15) is 84.6 Å². The van der Waals surface area contributed by atoms with Crippen LogP contribution < -0.4 is 125 Å². The molecule has 1 aliphatic heterocycles. The van der Waals surface area contributed by atoms with E-state index in [1.165, 1.54) is 0 Å². The lowest BCUT2D eigenvalue weighted by Gasteiger charge is -2.29. The zero-order valence-corrected chi connectivity index (χ0v) is 74.7. The van der Waals surface area contributed by atoms with Crippen LogP contribution in [0.3, 0.4) is 0 Å². The Hall–Kier alpha value is -14.3. The lowest BCUT2D eigenvalue weighted by molar-refractivity contribution is -0.141. The number of unbranched alkanes of at least 4 members (excludes halogenated alkanes) is 1. The van der Waals surface area contributed by atoms with Crippen molar-refractivity contribution in [2.45, 2.75) is 298 Å². The van der Waals surface area contributed by atoms with Gasteiger partial charge >= 0.3 is 29.8 Å². The molecule has 0 radical (unpaired) electrons. The molecule has 750 valence electrons. The molecule has 22 amide bonds. The molecule has 0 spiro atoms. The van der Waals surface area contributed by atoms with E-state index in [0.29, 0.717) is 0 Å². The maximum atomic E-state index is 14.9. The van der Waals surface area contributed by atoms with Crippen molar-refractivity contribution < 1.29 is 155 Å². The molecule has 0 saturated carbocycles. The van der Waals surface area contributed by atoms with Gasteiger partial charge in [0, 0.05) is 70.9 Å². The van der Waals surface area contributed by atoms with E-state index in [0.717, 1.165) is 0 Å². The number of carbonyl (C=O) groups excluding carboxylic acids is 22. The Balaban J connectivity index is 4.47. The molecule has 1 fully saturated rings. The Kier molecular flexibility index (Phi) is 54.5. The highest BCUT2D eigenvalue weighted by Crippen LogP contribution is 2.17. The highest BCUT2D eigenvalue weighted by molar-refractivity contribution is 6.03. The molecular weight excluding hydrogens is 1780 g/mol. The molecule has 0 aliphatic carbocycles. The smallest absolute Gasteiger partial charge is 0.305 e. The predicted molar refractivity (Wildman–Crippen MR) is 459 cm³/mol. The van der Waals surface area contributed by atoms with E-state index in [-0.39, 0.29) is 64.6 Å². The Morgan fingerprint density at radius 1 is 0.358 bits per heavy atom. The molecule has 55 heteroatoms. The fraction of sp³-hybridized carbons (Fsp3) is 0.658. The largest absolute Gasteiger partial charge is 0.481 e. The average molecular weight is 1910 g/mol.